The fraction of sp³-hybridized carbons (Fsp3) is 0.429. The number of urea groups is 1. The average Bonchev–Trinajstić information content (AvgIpc) is 2.81. The van der Waals surface area contributed by atoms with Gasteiger partial charge in [-0.1, -0.05) is 20.8 Å². The van der Waals surface area contributed by atoms with Crippen LogP contribution in [0.2, 0.25) is 0 Å². The van der Waals surface area contributed by atoms with Crippen molar-refractivity contribution in [1.29, 1.82) is 0 Å². The second-order valence-electron chi connectivity index (χ2n) is 5.80. The van der Waals surface area contributed by atoms with Crippen molar-refractivity contribution in [3.05, 3.63) is 36.2 Å². The highest BCUT2D eigenvalue weighted by molar-refractivity contribution is 5.88. The summed E-state index contributed by atoms with van der Waals surface area (Å²) in [5.74, 6) is 0.739. The van der Waals surface area contributed by atoms with Crippen molar-refractivity contribution in [3.63, 3.8) is 0 Å². The average molecular weight is 288 g/mol. The molecular formula is C14H20N6O. The van der Waals surface area contributed by atoms with Crippen molar-refractivity contribution >= 4 is 11.7 Å². The van der Waals surface area contributed by atoms with Gasteiger partial charge in [0.2, 0.25) is 0 Å². The Hall–Kier alpha value is -2.44. The van der Waals surface area contributed by atoms with Gasteiger partial charge in [0.1, 0.15) is 5.82 Å². The zero-order chi connectivity index (χ0) is 15.5. The van der Waals surface area contributed by atoms with Gasteiger partial charge in [0.05, 0.1) is 30.3 Å². The van der Waals surface area contributed by atoms with E-state index in [1.807, 2.05) is 33.9 Å². The summed E-state index contributed by atoms with van der Waals surface area (Å²) in [7, 11) is 1.83. The summed E-state index contributed by atoms with van der Waals surface area (Å²) < 4.78 is 1.71. The summed E-state index contributed by atoms with van der Waals surface area (Å²) in [6.07, 6.45) is 4.91. The van der Waals surface area contributed by atoms with Crippen LogP contribution in [0, 0.1) is 0 Å². The van der Waals surface area contributed by atoms with E-state index in [0.717, 1.165) is 11.5 Å². The number of carbonyl (C=O) groups excluding carboxylic acids is 1. The van der Waals surface area contributed by atoms with Crippen LogP contribution < -0.4 is 10.6 Å². The van der Waals surface area contributed by atoms with Crippen molar-refractivity contribution in [2.24, 2.45) is 7.05 Å². The molecular weight excluding hydrogens is 268 g/mol. The molecule has 0 aliphatic carbocycles. The maximum atomic E-state index is 11.8. The lowest BCUT2D eigenvalue weighted by Crippen LogP contribution is -2.29. The van der Waals surface area contributed by atoms with Gasteiger partial charge in [0, 0.05) is 18.7 Å². The molecule has 0 saturated carbocycles. The fourth-order valence-electron chi connectivity index (χ4n) is 1.70. The maximum absolute atomic E-state index is 11.8. The van der Waals surface area contributed by atoms with E-state index in [-0.39, 0.29) is 11.4 Å². The van der Waals surface area contributed by atoms with E-state index in [1.165, 1.54) is 0 Å². The Morgan fingerprint density at radius 1 is 1.29 bits per heavy atom. The first-order valence-electron chi connectivity index (χ1n) is 6.70. The number of anilines is 1. The topological polar surface area (TPSA) is 84.7 Å². The van der Waals surface area contributed by atoms with Crippen molar-refractivity contribution in [1.82, 2.24) is 25.1 Å². The molecule has 0 saturated heterocycles. The Bertz CT molecular complexity index is 611. The van der Waals surface area contributed by atoms with E-state index in [0.29, 0.717) is 12.2 Å². The Labute approximate surface area is 123 Å². The predicted octanol–water partition coefficient (Wildman–Crippen LogP) is 1.83. The van der Waals surface area contributed by atoms with E-state index < -0.39 is 0 Å². The molecule has 0 fully saturated rings. The molecule has 0 radical (unpaired) electrons. The molecule has 0 spiro atoms. The van der Waals surface area contributed by atoms with Crippen LogP contribution in [0.1, 0.15) is 32.3 Å². The number of hydrogen-bond donors (Lipinski definition) is 2. The monoisotopic (exact) mass is 288 g/mol. The zero-order valence-electron chi connectivity index (χ0n) is 12.7. The van der Waals surface area contributed by atoms with Gasteiger partial charge in [0.25, 0.3) is 0 Å². The molecule has 2 rings (SSSR count). The van der Waals surface area contributed by atoms with E-state index in [2.05, 4.69) is 25.7 Å². The SMILES string of the molecule is Cn1nccc1CNC(=O)Nc1cnc(C(C)(C)C)nc1. The molecule has 112 valence electrons. The Kier molecular flexibility index (Phi) is 4.21. The quantitative estimate of drug-likeness (QED) is 0.902. The lowest BCUT2D eigenvalue weighted by Gasteiger charge is -2.16. The molecule has 2 amide bonds. The van der Waals surface area contributed by atoms with Crippen LogP contribution in [0.25, 0.3) is 0 Å². The summed E-state index contributed by atoms with van der Waals surface area (Å²) in [5, 5.41) is 9.49. The fourth-order valence-corrected chi connectivity index (χ4v) is 1.70. The van der Waals surface area contributed by atoms with Crippen molar-refractivity contribution in [3.8, 4) is 0 Å². The lowest BCUT2D eigenvalue weighted by molar-refractivity contribution is 0.251. The van der Waals surface area contributed by atoms with Gasteiger partial charge in [-0.15, -0.1) is 0 Å². The van der Waals surface area contributed by atoms with Crippen LogP contribution in [0.5, 0.6) is 0 Å². The number of rotatable bonds is 3. The molecule has 2 aromatic heterocycles. The molecule has 0 bridgehead atoms. The highest BCUT2D eigenvalue weighted by Crippen LogP contribution is 2.18. The number of aryl methyl sites for hydroxylation is 1. The first-order chi connectivity index (χ1) is 9.86. The van der Waals surface area contributed by atoms with Gasteiger partial charge in [-0.3, -0.25) is 4.68 Å². The van der Waals surface area contributed by atoms with Gasteiger partial charge in [-0.2, -0.15) is 5.10 Å². The minimum absolute atomic E-state index is 0.111. The summed E-state index contributed by atoms with van der Waals surface area (Å²) >= 11 is 0. The zero-order valence-corrected chi connectivity index (χ0v) is 12.7. The Morgan fingerprint density at radius 3 is 2.48 bits per heavy atom. The number of nitrogens with one attached hydrogen (secondary N) is 2. The number of aromatic nitrogens is 4. The van der Waals surface area contributed by atoms with Crippen LogP contribution in [0.4, 0.5) is 10.5 Å². The van der Waals surface area contributed by atoms with Crippen LogP contribution in [0.3, 0.4) is 0 Å². The molecule has 0 aliphatic heterocycles. The Balaban J connectivity index is 1.89. The van der Waals surface area contributed by atoms with E-state index in [4.69, 9.17) is 0 Å². The summed E-state index contributed by atoms with van der Waals surface area (Å²) in [4.78, 5) is 20.3. The number of carbonyl (C=O) groups is 1. The summed E-state index contributed by atoms with van der Waals surface area (Å²) in [5.41, 5.74) is 1.37. The van der Waals surface area contributed by atoms with Gasteiger partial charge in [-0.05, 0) is 6.07 Å². The largest absolute Gasteiger partial charge is 0.332 e. The molecule has 0 aromatic carbocycles. The van der Waals surface area contributed by atoms with Crippen LogP contribution in [0.15, 0.2) is 24.7 Å². The van der Waals surface area contributed by atoms with E-state index in [1.54, 1.807) is 23.3 Å². The molecule has 7 nitrogen and oxygen atoms in total. The highest BCUT2D eigenvalue weighted by atomic mass is 16.2. The van der Waals surface area contributed by atoms with Gasteiger partial charge < -0.3 is 10.6 Å². The van der Waals surface area contributed by atoms with Crippen LogP contribution >= 0.6 is 0 Å². The summed E-state index contributed by atoms with van der Waals surface area (Å²) in [6, 6.07) is 1.55. The van der Waals surface area contributed by atoms with Crippen LogP contribution in [-0.4, -0.2) is 25.8 Å². The summed E-state index contributed by atoms with van der Waals surface area (Å²) in [6.45, 7) is 6.52. The van der Waals surface area contributed by atoms with Crippen LogP contribution in [-0.2, 0) is 19.0 Å². The van der Waals surface area contributed by atoms with Gasteiger partial charge in [0.15, 0.2) is 0 Å². The minimum atomic E-state index is -0.302. The van der Waals surface area contributed by atoms with Crippen molar-refractivity contribution in [2.45, 2.75) is 32.7 Å². The van der Waals surface area contributed by atoms with Crippen molar-refractivity contribution < 1.29 is 4.79 Å². The second kappa shape index (κ2) is 5.90. The number of hydrogen-bond acceptors (Lipinski definition) is 4. The molecule has 0 atom stereocenters. The standard InChI is InChI=1S/C14H20N6O/c1-14(2,3)12-15-7-10(8-16-12)19-13(21)17-9-11-5-6-18-20(11)4/h5-8H,9H2,1-4H3,(H2,17,19,21). The predicted molar refractivity (Wildman–Crippen MR) is 79.8 cm³/mol. The number of nitrogens with zero attached hydrogens (tertiary/aromatic N) is 4. The first kappa shape index (κ1) is 15.0. The van der Waals surface area contributed by atoms with Crippen molar-refractivity contribution in [2.75, 3.05) is 5.32 Å². The molecule has 7 heteroatoms. The molecule has 0 aliphatic rings. The third-order valence-electron chi connectivity index (χ3n) is 2.93. The van der Waals surface area contributed by atoms with E-state index >= 15 is 0 Å². The molecule has 21 heavy (non-hydrogen) atoms. The Morgan fingerprint density at radius 2 is 1.95 bits per heavy atom. The first-order valence-corrected chi connectivity index (χ1v) is 6.70. The third-order valence-corrected chi connectivity index (χ3v) is 2.93. The normalized spacial score (nSPS) is 11.2. The highest BCUT2D eigenvalue weighted by Gasteiger charge is 2.16. The molecule has 0 unspecified atom stereocenters. The lowest BCUT2D eigenvalue weighted by atomic mass is 9.96. The number of amides is 2. The van der Waals surface area contributed by atoms with E-state index in [9.17, 15) is 4.79 Å². The molecule has 2 N–H and O–H groups in total. The molecule has 2 aromatic rings. The third kappa shape index (κ3) is 4.01. The van der Waals surface area contributed by atoms with Gasteiger partial charge in [-0.25, -0.2) is 14.8 Å². The van der Waals surface area contributed by atoms with Gasteiger partial charge >= 0.3 is 6.03 Å². The maximum Gasteiger partial charge on any atom is 0.319 e. The smallest absolute Gasteiger partial charge is 0.319 e. The second-order valence-corrected chi connectivity index (χ2v) is 5.80. The molecule has 2 heterocycles. The minimum Gasteiger partial charge on any atom is -0.332 e.